The Kier molecular flexibility index (Phi) is 4.91. The first-order valence-electron chi connectivity index (χ1n) is 5.57. The summed E-state index contributed by atoms with van der Waals surface area (Å²) in [5, 5.41) is 13.3. The molecule has 1 aromatic rings. The second-order valence-electron chi connectivity index (χ2n) is 3.77. The van der Waals surface area contributed by atoms with Crippen LogP contribution in [0, 0.1) is 10.1 Å². The van der Waals surface area contributed by atoms with Gasteiger partial charge >= 0.3 is 6.18 Å². The van der Waals surface area contributed by atoms with Crippen molar-refractivity contribution in [3.05, 3.63) is 46.0 Å². The molecule has 1 rings (SSSR count). The molecule has 0 aliphatic heterocycles. The normalized spacial score (nSPS) is 11.8. The minimum atomic E-state index is -4.75. The smallest absolute Gasteiger partial charge is 0.385 e. The predicted molar refractivity (Wildman–Crippen MR) is 66.0 cm³/mol. The number of nitro benzene ring substituents is 1. The van der Waals surface area contributed by atoms with Gasteiger partial charge in [-0.2, -0.15) is 13.2 Å². The summed E-state index contributed by atoms with van der Waals surface area (Å²) in [7, 11) is 0. The van der Waals surface area contributed by atoms with Crippen molar-refractivity contribution in [2.75, 3.05) is 11.9 Å². The number of allylic oxidation sites excluding steroid dienone is 1. The molecule has 0 atom stereocenters. The molecule has 1 aromatic carbocycles. The molecule has 104 valence electrons. The first kappa shape index (κ1) is 15.0. The monoisotopic (exact) mass is 274 g/mol. The molecule has 0 fully saturated rings. The Balaban J connectivity index is 2.95. The van der Waals surface area contributed by atoms with Gasteiger partial charge in [0.25, 0.3) is 5.69 Å². The number of alkyl halides is 3. The molecular formula is C12H13F3N2O2. The van der Waals surface area contributed by atoms with Crippen LogP contribution < -0.4 is 5.32 Å². The Morgan fingerprint density at radius 3 is 2.63 bits per heavy atom. The molecule has 0 saturated carbocycles. The third-order valence-electron chi connectivity index (χ3n) is 2.37. The predicted octanol–water partition coefficient (Wildman–Crippen LogP) is 3.99. The van der Waals surface area contributed by atoms with Gasteiger partial charge < -0.3 is 5.32 Å². The molecule has 0 spiro atoms. The van der Waals surface area contributed by atoms with Crippen LogP contribution in [-0.2, 0) is 6.18 Å². The summed E-state index contributed by atoms with van der Waals surface area (Å²) in [6.07, 6.45) is -0.389. The molecule has 1 N–H and O–H groups in total. The third kappa shape index (κ3) is 4.27. The van der Waals surface area contributed by atoms with Gasteiger partial charge in [-0.25, -0.2) is 0 Å². The molecule has 0 aliphatic rings. The van der Waals surface area contributed by atoms with E-state index in [1.807, 2.05) is 19.1 Å². The molecule has 4 nitrogen and oxygen atoms in total. The maximum atomic E-state index is 12.7. The summed E-state index contributed by atoms with van der Waals surface area (Å²) >= 11 is 0. The number of nitrogens with zero attached hydrogens (tertiary/aromatic N) is 1. The second-order valence-corrected chi connectivity index (χ2v) is 3.77. The van der Waals surface area contributed by atoms with Crippen LogP contribution in [0.25, 0.3) is 0 Å². The number of rotatable bonds is 5. The van der Waals surface area contributed by atoms with Crippen LogP contribution >= 0.6 is 0 Å². The lowest BCUT2D eigenvalue weighted by Crippen LogP contribution is -2.10. The number of hydrogen-bond acceptors (Lipinski definition) is 3. The quantitative estimate of drug-likeness (QED) is 0.382. The first-order chi connectivity index (χ1) is 8.86. The summed E-state index contributed by atoms with van der Waals surface area (Å²) in [6.45, 7) is 2.30. The van der Waals surface area contributed by atoms with Crippen molar-refractivity contribution in [2.24, 2.45) is 0 Å². The van der Waals surface area contributed by atoms with Gasteiger partial charge in [-0.3, -0.25) is 10.1 Å². The SMILES string of the molecule is C/C=C/CCNc1ccc([N+](=O)[O-])c(C(F)(F)F)c1. The summed E-state index contributed by atoms with van der Waals surface area (Å²) in [6, 6.07) is 2.89. The molecule has 0 bridgehead atoms. The van der Waals surface area contributed by atoms with E-state index in [9.17, 15) is 23.3 Å². The Morgan fingerprint density at radius 1 is 1.42 bits per heavy atom. The van der Waals surface area contributed by atoms with E-state index in [1.165, 1.54) is 6.07 Å². The van der Waals surface area contributed by atoms with Crippen LogP contribution in [0.4, 0.5) is 24.5 Å². The zero-order valence-electron chi connectivity index (χ0n) is 10.2. The molecule has 0 aromatic heterocycles. The number of halogens is 3. The standard InChI is InChI=1S/C12H13F3N2O2/c1-2-3-4-7-16-9-5-6-11(17(18)19)10(8-9)12(13,14)15/h2-3,5-6,8,16H,4,7H2,1H3/b3-2+. The Hall–Kier alpha value is -2.05. The highest BCUT2D eigenvalue weighted by Gasteiger charge is 2.38. The summed E-state index contributed by atoms with van der Waals surface area (Å²) in [5.74, 6) is 0. The van der Waals surface area contributed by atoms with Crippen LogP contribution in [0.3, 0.4) is 0 Å². The molecular weight excluding hydrogens is 261 g/mol. The van der Waals surface area contributed by atoms with Gasteiger partial charge in [0, 0.05) is 18.3 Å². The van der Waals surface area contributed by atoms with E-state index in [0.29, 0.717) is 13.0 Å². The van der Waals surface area contributed by atoms with Gasteiger partial charge in [-0.15, -0.1) is 0 Å². The Labute approximate surface area is 108 Å². The lowest BCUT2D eigenvalue weighted by Gasteiger charge is -2.10. The number of hydrogen-bond donors (Lipinski definition) is 1. The highest BCUT2D eigenvalue weighted by atomic mass is 19.4. The number of benzene rings is 1. The molecule has 19 heavy (non-hydrogen) atoms. The van der Waals surface area contributed by atoms with Crippen molar-refractivity contribution in [3.8, 4) is 0 Å². The molecule has 0 unspecified atom stereocenters. The van der Waals surface area contributed by atoms with Crippen LogP contribution in [0.2, 0.25) is 0 Å². The maximum Gasteiger partial charge on any atom is 0.423 e. The van der Waals surface area contributed by atoms with Gasteiger partial charge in [0.1, 0.15) is 5.56 Å². The van der Waals surface area contributed by atoms with Gasteiger partial charge in [-0.05, 0) is 25.5 Å². The zero-order chi connectivity index (χ0) is 14.5. The largest absolute Gasteiger partial charge is 0.423 e. The fourth-order valence-electron chi connectivity index (χ4n) is 1.50. The van der Waals surface area contributed by atoms with Crippen LogP contribution in [-0.4, -0.2) is 11.5 Å². The van der Waals surface area contributed by atoms with E-state index in [0.717, 1.165) is 12.1 Å². The van der Waals surface area contributed by atoms with E-state index in [2.05, 4.69) is 5.32 Å². The molecule has 0 amide bonds. The van der Waals surface area contributed by atoms with E-state index in [-0.39, 0.29) is 5.69 Å². The van der Waals surface area contributed by atoms with E-state index < -0.39 is 22.4 Å². The first-order valence-corrected chi connectivity index (χ1v) is 5.57. The minimum absolute atomic E-state index is 0.211. The second kappa shape index (κ2) is 6.21. The average Bonchev–Trinajstić information content (AvgIpc) is 2.33. The van der Waals surface area contributed by atoms with E-state index in [1.54, 1.807) is 0 Å². The fourth-order valence-corrected chi connectivity index (χ4v) is 1.50. The van der Waals surface area contributed by atoms with Crippen LogP contribution in [0.5, 0.6) is 0 Å². The number of anilines is 1. The van der Waals surface area contributed by atoms with Crippen molar-refractivity contribution in [2.45, 2.75) is 19.5 Å². The molecule has 0 saturated heterocycles. The highest BCUT2D eigenvalue weighted by Crippen LogP contribution is 2.37. The molecule has 0 radical (unpaired) electrons. The Bertz CT molecular complexity index is 484. The number of nitro groups is 1. The van der Waals surface area contributed by atoms with E-state index in [4.69, 9.17) is 0 Å². The Morgan fingerprint density at radius 2 is 2.11 bits per heavy atom. The van der Waals surface area contributed by atoms with Crippen molar-refractivity contribution >= 4 is 11.4 Å². The summed E-state index contributed by atoms with van der Waals surface area (Å²) < 4.78 is 38.1. The summed E-state index contributed by atoms with van der Waals surface area (Å²) in [5.41, 5.74) is -1.97. The van der Waals surface area contributed by atoms with Crippen molar-refractivity contribution in [1.29, 1.82) is 0 Å². The van der Waals surface area contributed by atoms with Gasteiger partial charge in [0.15, 0.2) is 0 Å². The minimum Gasteiger partial charge on any atom is -0.385 e. The third-order valence-corrected chi connectivity index (χ3v) is 2.37. The molecule has 0 heterocycles. The van der Waals surface area contributed by atoms with E-state index >= 15 is 0 Å². The van der Waals surface area contributed by atoms with Crippen LogP contribution in [0.15, 0.2) is 30.4 Å². The van der Waals surface area contributed by atoms with Gasteiger partial charge in [-0.1, -0.05) is 12.2 Å². The topological polar surface area (TPSA) is 55.2 Å². The van der Waals surface area contributed by atoms with Crippen molar-refractivity contribution in [1.82, 2.24) is 0 Å². The zero-order valence-corrected chi connectivity index (χ0v) is 10.2. The fraction of sp³-hybridized carbons (Fsp3) is 0.333. The van der Waals surface area contributed by atoms with Gasteiger partial charge in [0.05, 0.1) is 4.92 Å². The maximum absolute atomic E-state index is 12.7. The van der Waals surface area contributed by atoms with Crippen molar-refractivity contribution in [3.63, 3.8) is 0 Å². The summed E-state index contributed by atoms with van der Waals surface area (Å²) in [4.78, 5) is 9.52. The lowest BCUT2D eigenvalue weighted by atomic mass is 10.1. The average molecular weight is 274 g/mol. The van der Waals surface area contributed by atoms with Crippen LogP contribution in [0.1, 0.15) is 18.9 Å². The molecule has 0 aliphatic carbocycles. The van der Waals surface area contributed by atoms with Gasteiger partial charge in [0.2, 0.25) is 0 Å². The number of nitrogens with one attached hydrogen (secondary N) is 1. The molecule has 7 heteroatoms. The van der Waals surface area contributed by atoms with Crippen molar-refractivity contribution < 1.29 is 18.1 Å². The lowest BCUT2D eigenvalue weighted by molar-refractivity contribution is -0.388. The highest BCUT2D eigenvalue weighted by molar-refractivity contribution is 5.55.